The van der Waals surface area contributed by atoms with E-state index in [1.54, 1.807) is 0 Å². The van der Waals surface area contributed by atoms with Crippen LogP contribution in [-0.2, 0) is 0 Å². The van der Waals surface area contributed by atoms with Crippen molar-refractivity contribution in [3.63, 3.8) is 0 Å². The van der Waals surface area contributed by atoms with E-state index in [4.69, 9.17) is 24.9 Å². The maximum Gasteiger partial charge on any atom is 0.164 e. The molecule has 6 heteroatoms. The predicted molar refractivity (Wildman–Crippen MR) is 241 cm³/mol. The molecule has 2 heterocycles. The molecule has 0 N–H and O–H groups in total. The second-order valence-corrected chi connectivity index (χ2v) is 14.4. The van der Waals surface area contributed by atoms with Crippen LogP contribution in [0, 0.1) is 11.3 Å². The van der Waals surface area contributed by atoms with Crippen LogP contribution >= 0.6 is 0 Å². The molecule has 0 amide bonds. The summed E-state index contributed by atoms with van der Waals surface area (Å²) >= 11 is 0. The molecule has 60 heavy (non-hydrogen) atoms. The summed E-state index contributed by atoms with van der Waals surface area (Å²) in [6.45, 7) is 0. The highest BCUT2D eigenvalue weighted by Crippen LogP contribution is 2.39. The van der Waals surface area contributed by atoms with Crippen LogP contribution in [0.5, 0.6) is 0 Å². The van der Waals surface area contributed by atoms with Crippen molar-refractivity contribution in [1.82, 2.24) is 24.9 Å². The van der Waals surface area contributed by atoms with Gasteiger partial charge in [-0.25, -0.2) is 24.9 Å². The van der Waals surface area contributed by atoms with Crippen LogP contribution in [0.4, 0.5) is 0 Å². The molecule has 0 bridgehead atoms. The van der Waals surface area contributed by atoms with Crippen LogP contribution in [0.1, 0.15) is 5.56 Å². The largest absolute Gasteiger partial charge is 0.228 e. The molecule has 0 radical (unpaired) electrons. The summed E-state index contributed by atoms with van der Waals surface area (Å²) in [5, 5.41) is 10.7. The fourth-order valence-corrected chi connectivity index (χ4v) is 7.75. The van der Waals surface area contributed by atoms with E-state index < -0.39 is 0 Å². The zero-order valence-electron chi connectivity index (χ0n) is 32.3. The highest BCUT2D eigenvalue weighted by molar-refractivity contribution is 5.95. The first-order chi connectivity index (χ1) is 29.7. The Labute approximate surface area is 347 Å². The van der Waals surface area contributed by atoms with Gasteiger partial charge in [0.1, 0.15) is 0 Å². The van der Waals surface area contributed by atoms with E-state index in [0.717, 1.165) is 77.8 Å². The number of aromatic nitrogens is 5. The fourth-order valence-electron chi connectivity index (χ4n) is 7.75. The molecule has 0 unspecified atom stereocenters. The summed E-state index contributed by atoms with van der Waals surface area (Å²) in [5.41, 5.74) is 12.9. The molecule has 10 aromatic rings. The minimum Gasteiger partial charge on any atom is -0.228 e. The number of fused-ring (bicyclic) bond motifs is 1. The van der Waals surface area contributed by atoms with E-state index >= 15 is 0 Å². The Morgan fingerprint density at radius 3 is 1.28 bits per heavy atom. The van der Waals surface area contributed by atoms with E-state index in [9.17, 15) is 5.26 Å². The van der Waals surface area contributed by atoms with E-state index in [2.05, 4.69) is 78.9 Å². The summed E-state index contributed by atoms with van der Waals surface area (Å²) < 4.78 is 0. The van der Waals surface area contributed by atoms with E-state index in [1.165, 1.54) is 0 Å². The van der Waals surface area contributed by atoms with Crippen molar-refractivity contribution in [3.05, 3.63) is 212 Å². The molecule has 280 valence electrons. The lowest BCUT2D eigenvalue weighted by Gasteiger charge is -2.15. The van der Waals surface area contributed by atoms with Gasteiger partial charge in [0.25, 0.3) is 0 Å². The van der Waals surface area contributed by atoms with Gasteiger partial charge in [-0.05, 0) is 57.6 Å². The summed E-state index contributed by atoms with van der Waals surface area (Å²) in [7, 11) is 0. The molecule has 0 fully saturated rings. The molecule has 0 aliphatic heterocycles. The second kappa shape index (κ2) is 15.9. The Bertz CT molecular complexity index is 3230. The molecule has 0 saturated heterocycles. The van der Waals surface area contributed by atoms with Gasteiger partial charge in [-0.1, -0.05) is 182 Å². The Hall–Kier alpha value is -8.40. The number of nitriles is 1. The summed E-state index contributed by atoms with van der Waals surface area (Å²) in [6.07, 6.45) is 0. The zero-order valence-corrected chi connectivity index (χ0v) is 32.3. The lowest BCUT2D eigenvalue weighted by atomic mass is 9.93. The minimum absolute atomic E-state index is 0.541. The number of nitrogens with zero attached hydrogens (tertiary/aromatic N) is 6. The van der Waals surface area contributed by atoms with Crippen LogP contribution in [0.2, 0.25) is 0 Å². The standard InChI is InChI=1S/C54H34N6/c55-35-36-17-15-22-39(33-36)42-25-7-11-29-46(42)53-58-51(38-20-5-2-6-21-38)59-54(60-53)47-30-12-9-27-44(47)41-24-16-23-40(34-41)43-26-8-10-28-45(43)52-56-49-32-14-13-31-48(49)50(57-52)37-18-3-1-4-19-37/h1-34H. The molecule has 8 aromatic carbocycles. The molecule has 10 rings (SSSR count). The highest BCUT2D eigenvalue weighted by atomic mass is 15.0. The van der Waals surface area contributed by atoms with Crippen molar-refractivity contribution >= 4 is 10.9 Å². The average molecular weight is 767 g/mol. The number of para-hydroxylation sites is 1. The van der Waals surface area contributed by atoms with Crippen molar-refractivity contribution in [1.29, 1.82) is 5.26 Å². The van der Waals surface area contributed by atoms with Crippen LogP contribution in [0.3, 0.4) is 0 Å². The van der Waals surface area contributed by atoms with Crippen LogP contribution in [0.15, 0.2) is 206 Å². The molecule has 6 nitrogen and oxygen atoms in total. The fraction of sp³-hybridized carbons (Fsp3) is 0. The van der Waals surface area contributed by atoms with Gasteiger partial charge in [0.2, 0.25) is 0 Å². The van der Waals surface area contributed by atoms with E-state index in [0.29, 0.717) is 28.9 Å². The van der Waals surface area contributed by atoms with Gasteiger partial charge in [0.05, 0.1) is 22.8 Å². The van der Waals surface area contributed by atoms with E-state index in [1.807, 2.05) is 133 Å². The van der Waals surface area contributed by atoms with Gasteiger partial charge in [0, 0.05) is 33.2 Å². The molecule has 2 aromatic heterocycles. The van der Waals surface area contributed by atoms with E-state index in [-0.39, 0.29) is 0 Å². The smallest absolute Gasteiger partial charge is 0.164 e. The number of rotatable bonds is 8. The van der Waals surface area contributed by atoms with Gasteiger partial charge >= 0.3 is 0 Å². The molecule has 0 aliphatic rings. The van der Waals surface area contributed by atoms with Crippen molar-refractivity contribution in [2.45, 2.75) is 0 Å². The molecular weight excluding hydrogens is 733 g/mol. The number of benzene rings is 8. The number of hydrogen-bond donors (Lipinski definition) is 0. The first kappa shape index (κ1) is 36.0. The monoisotopic (exact) mass is 766 g/mol. The van der Waals surface area contributed by atoms with Crippen LogP contribution in [0.25, 0.3) is 101 Å². The Kier molecular flexibility index (Phi) is 9.51. The maximum atomic E-state index is 9.68. The van der Waals surface area contributed by atoms with Gasteiger partial charge in [-0.2, -0.15) is 5.26 Å². The first-order valence-electron chi connectivity index (χ1n) is 19.7. The third-order valence-corrected chi connectivity index (χ3v) is 10.6. The van der Waals surface area contributed by atoms with Crippen molar-refractivity contribution in [2.75, 3.05) is 0 Å². The van der Waals surface area contributed by atoms with Crippen LogP contribution < -0.4 is 0 Å². The third kappa shape index (κ3) is 6.97. The summed E-state index contributed by atoms with van der Waals surface area (Å²) in [5.74, 6) is 2.33. The second-order valence-electron chi connectivity index (χ2n) is 14.4. The lowest BCUT2D eigenvalue weighted by molar-refractivity contribution is 1.07. The van der Waals surface area contributed by atoms with Crippen LogP contribution in [-0.4, -0.2) is 24.9 Å². The predicted octanol–water partition coefficient (Wildman–Crippen LogP) is 13.0. The summed E-state index contributed by atoms with van der Waals surface area (Å²) in [4.78, 5) is 25.7. The van der Waals surface area contributed by atoms with Gasteiger partial charge < -0.3 is 0 Å². The van der Waals surface area contributed by atoms with Crippen molar-refractivity contribution < 1.29 is 0 Å². The molecule has 0 spiro atoms. The molecule has 0 saturated carbocycles. The third-order valence-electron chi connectivity index (χ3n) is 10.6. The highest BCUT2D eigenvalue weighted by Gasteiger charge is 2.19. The zero-order chi connectivity index (χ0) is 40.3. The lowest BCUT2D eigenvalue weighted by Crippen LogP contribution is -2.02. The van der Waals surface area contributed by atoms with Crippen molar-refractivity contribution in [3.8, 4) is 96.3 Å². The summed E-state index contributed by atoms with van der Waals surface area (Å²) in [6, 6.07) is 71.6. The Balaban J connectivity index is 1.10. The maximum absolute atomic E-state index is 9.68. The first-order valence-corrected chi connectivity index (χ1v) is 19.7. The van der Waals surface area contributed by atoms with Gasteiger partial charge in [-0.15, -0.1) is 0 Å². The SMILES string of the molecule is N#Cc1cccc(-c2ccccc2-c2nc(-c3ccccc3)nc(-c3ccccc3-c3cccc(-c4ccccc4-c4nc(-c5ccccc5)c5ccccc5n4)c3)n2)c1. The topological polar surface area (TPSA) is 88.2 Å². The number of hydrogen-bond acceptors (Lipinski definition) is 6. The normalized spacial score (nSPS) is 11.0. The Morgan fingerprint density at radius 2 is 0.717 bits per heavy atom. The van der Waals surface area contributed by atoms with Crippen molar-refractivity contribution in [2.24, 2.45) is 0 Å². The average Bonchev–Trinajstić information content (AvgIpc) is 3.34. The van der Waals surface area contributed by atoms with Gasteiger partial charge in [-0.3, -0.25) is 0 Å². The Morgan fingerprint density at radius 1 is 0.300 bits per heavy atom. The molecule has 0 aliphatic carbocycles. The molecular formula is C54H34N6. The quantitative estimate of drug-likeness (QED) is 0.153. The van der Waals surface area contributed by atoms with Gasteiger partial charge in [0.15, 0.2) is 23.3 Å². The molecule has 0 atom stereocenters. The minimum atomic E-state index is 0.541.